The van der Waals surface area contributed by atoms with Crippen molar-refractivity contribution in [3.63, 3.8) is 0 Å². The number of aliphatic hydroxyl groups excluding tert-OH is 2. The van der Waals surface area contributed by atoms with Gasteiger partial charge in [-0.05, 0) is 91.6 Å². The third-order valence-corrected chi connectivity index (χ3v) is 9.11. The molecule has 0 aromatic carbocycles. The van der Waals surface area contributed by atoms with E-state index in [0.29, 0.717) is 41.9 Å². The van der Waals surface area contributed by atoms with Crippen molar-refractivity contribution in [2.75, 3.05) is 0 Å². The molecule has 0 saturated heterocycles. The maximum atomic E-state index is 10.1. The van der Waals surface area contributed by atoms with Crippen LogP contribution in [0.15, 0.2) is 47.6 Å². The minimum Gasteiger partial charge on any atom is -0.393 e. The number of hydrogen-bond donors (Lipinski definition) is 2. The van der Waals surface area contributed by atoms with Gasteiger partial charge < -0.3 is 10.2 Å². The van der Waals surface area contributed by atoms with E-state index in [9.17, 15) is 10.2 Å². The van der Waals surface area contributed by atoms with Gasteiger partial charge in [-0.15, -0.1) is 11.6 Å². The van der Waals surface area contributed by atoms with Crippen LogP contribution in [0.4, 0.5) is 0 Å². The van der Waals surface area contributed by atoms with Crippen LogP contribution in [0.1, 0.15) is 71.6 Å². The lowest BCUT2D eigenvalue weighted by Crippen LogP contribution is -2.35. The molecule has 166 valence electrons. The Labute approximate surface area is 187 Å². The van der Waals surface area contributed by atoms with Gasteiger partial charge in [-0.3, -0.25) is 0 Å². The standard InChI is InChI=1S/C27H39ClO2/c1-17(6-13-25(28)20-8-9-20)23-11-12-24-19(5-4-14-27(23,24)3)7-10-21-15-22(29)16-26(30)18(21)2/h6-7,10,13,17,20,22-26,29-30H,2,4-5,8-9,11-12,14-16H2,1,3H3/b13-6+,19-7-,21-10+/t17?,22-,23-,24?,25?,26+,27-/m1/s1. The summed E-state index contributed by atoms with van der Waals surface area (Å²) in [6.45, 7) is 8.97. The summed E-state index contributed by atoms with van der Waals surface area (Å²) in [5, 5.41) is 20.4. The van der Waals surface area contributed by atoms with Crippen LogP contribution in [-0.4, -0.2) is 27.8 Å². The Morgan fingerprint density at radius 1 is 1.13 bits per heavy atom. The Morgan fingerprint density at radius 3 is 2.63 bits per heavy atom. The van der Waals surface area contributed by atoms with Gasteiger partial charge in [0.1, 0.15) is 0 Å². The lowest BCUT2D eigenvalue weighted by atomic mass is 9.61. The van der Waals surface area contributed by atoms with Crippen LogP contribution in [0.5, 0.6) is 0 Å². The van der Waals surface area contributed by atoms with Crippen molar-refractivity contribution >= 4 is 11.6 Å². The predicted molar refractivity (Wildman–Crippen MR) is 125 cm³/mol. The number of fused-ring (bicyclic) bond motifs is 1. The molecule has 0 aromatic heterocycles. The predicted octanol–water partition coefficient (Wildman–Crippen LogP) is 6.34. The van der Waals surface area contributed by atoms with Crippen LogP contribution in [0.25, 0.3) is 0 Å². The Hall–Kier alpha value is -0.830. The number of rotatable bonds is 5. The first-order chi connectivity index (χ1) is 14.3. The van der Waals surface area contributed by atoms with Crippen LogP contribution in [-0.2, 0) is 0 Å². The van der Waals surface area contributed by atoms with Crippen LogP contribution in [0.3, 0.4) is 0 Å². The summed E-state index contributed by atoms with van der Waals surface area (Å²) in [6, 6.07) is 0. The summed E-state index contributed by atoms with van der Waals surface area (Å²) in [4.78, 5) is 0. The molecule has 30 heavy (non-hydrogen) atoms. The van der Waals surface area contributed by atoms with E-state index in [0.717, 1.165) is 11.1 Å². The molecule has 7 atom stereocenters. The maximum absolute atomic E-state index is 10.1. The van der Waals surface area contributed by atoms with E-state index < -0.39 is 12.2 Å². The van der Waals surface area contributed by atoms with E-state index in [-0.39, 0.29) is 5.38 Å². The zero-order valence-electron chi connectivity index (χ0n) is 18.7. The molecule has 2 nitrogen and oxygen atoms in total. The van der Waals surface area contributed by atoms with Gasteiger partial charge >= 0.3 is 0 Å². The number of aliphatic hydroxyl groups is 2. The average molecular weight is 431 g/mol. The van der Waals surface area contributed by atoms with Gasteiger partial charge in [-0.25, -0.2) is 0 Å². The minimum absolute atomic E-state index is 0.222. The maximum Gasteiger partial charge on any atom is 0.0811 e. The van der Waals surface area contributed by atoms with Gasteiger partial charge in [0.2, 0.25) is 0 Å². The first kappa shape index (κ1) is 22.4. The average Bonchev–Trinajstić information content (AvgIpc) is 3.49. The van der Waals surface area contributed by atoms with Gasteiger partial charge in [0.25, 0.3) is 0 Å². The number of hydrogen-bond acceptors (Lipinski definition) is 2. The van der Waals surface area contributed by atoms with Crippen molar-refractivity contribution in [3.8, 4) is 0 Å². The highest BCUT2D eigenvalue weighted by atomic mass is 35.5. The monoisotopic (exact) mass is 430 g/mol. The van der Waals surface area contributed by atoms with Gasteiger partial charge in [-0.2, -0.15) is 0 Å². The summed E-state index contributed by atoms with van der Waals surface area (Å²) in [5.41, 5.74) is 3.71. The highest BCUT2D eigenvalue weighted by Crippen LogP contribution is 2.59. The molecule has 3 unspecified atom stereocenters. The fourth-order valence-electron chi connectivity index (χ4n) is 6.60. The SMILES string of the molecule is C=C1/C(=C/C=C2/CCC[C@@]3(C)C2CC[C@@H]3C(C)/C=C/C(Cl)C2CC2)C[C@@H](O)C[C@@H]1O. The lowest BCUT2D eigenvalue weighted by molar-refractivity contribution is 0.0862. The quantitative estimate of drug-likeness (QED) is 0.394. The van der Waals surface area contributed by atoms with E-state index in [1.54, 1.807) is 5.57 Å². The Balaban J connectivity index is 1.48. The molecule has 0 aromatic rings. The minimum atomic E-state index is -0.611. The van der Waals surface area contributed by atoms with Gasteiger partial charge in [0, 0.05) is 6.42 Å². The Morgan fingerprint density at radius 2 is 1.90 bits per heavy atom. The second kappa shape index (κ2) is 8.96. The fraction of sp³-hybridized carbons (Fsp3) is 0.704. The highest BCUT2D eigenvalue weighted by molar-refractivity contribution is 6.22. The van der Waals surface area contributed by atoms with Crippen LogP contribution in [0.2, 0.25) is 0 Å². The van der Waals surface area contributed by atoms with Gasteiger partial charge in [0.05, 0.1) is 17.6 Å². The van der Waals surface area contributed by atoms with Crippen molar-refractivity contribution in [1.29, 1.82) is 0 Å². The van der Waals surface area contributed by atoms with E-state index in [4.69, 9.17) is 11.6 Å². The molecule has 3 heteroatoms. The lowest BCUT2D eigenvalue weighted by Gasteiger charge is -2.44. The van der Waals surface area contributed by atoms with Crippen molar-refractivity contribution < 1.29 is 10.2 Å². The topological polar surface area (TPSA) is 40.5 Å². The summed E-state index contributed by atoms with van der Waals surface area (Å²) >= 11 is 6.53. The Bertz CT molecular complexity index is 746. The molecule has 2 N–H and O–H groups in total. The first-order valence-electron chi connectivity index (χ1n) is 12.1. The summed E-state index contributed by atoms with van der Waals surface area (Å²) < 4.78 is 0. The molecule has 0 aliphatic heterocycles. The van der Waals surface area contributed by atoms with Crippen molar-refractivity contribution in [3.05, 3.63) is 47.6 Å². The molecule has 0 amide bonds. The highest BCUT2D eigenvalue weighted by Gasteiger charge is 2.50. The van der Waals surface area contributed by atoms with Crippen LogP contribution in [0, 0.1) is 29.1 Å². The number of alkyl halides is 1. The van der Waals surface area contributed by atoms with Crippen LogP contribution < -0.4 is 0 Å². The Kier molecular flexibility index (Phi) is 6.68. The molecule has 0 bridgehead atoms. The molecular formula is C27H39ClO2. The van der Waals surface area contributed by atoms with E-state index in [1.807, 2.05) is 0 Å². The van der Waals surface area contributed by atoms with Gasteiger partial charge in [-0.1, -0.05) is 50.3 Å². The van der Waals surface area contributed by atoms with Crippen LogP contribution >= 0.6 is 11.6 Å². The molecule has 0 spiro atoms. The first-order valence-corrected chi connectivity index (χ1v) is 12.5. The summed E-state index contributed by atoms with van der Waals surface area (Å²) in [6.07, 6.45) is 17.9. The molecule has 4 aliphatic rings. The van der Waals surface area contributed by atoms with Crippen molar-refractivity contribution in [2.45, 2.75) is 89.2 Å². The number of allylic oxidation sites excluding steroid dienone is 5. The largest absolute Gasteiger partial charge is 0.393 e. The second-order valence-corrected chi connectivity index (χ2v) is 11.2. The molecular weight excluding hydrogens is 392 g/mol. The van der Waals surface area contributed by atoms with Crippen molar-refractivity contribution in [1.82, 2.24) is 0 Å². The second-order valence-electron chi connectivity index (χ2n) is 10.7. The molecule has 4 aliphatic carbocycles. The third-order valence-electron chi connectivity index (χ3n) is 8.61. The smallest absolute Gasteiger partial charge is 0.0811 e. The molecule has 4 rings (SSSR count). The third kappa shape index (κ3) is 4.52. The molecule has 0 heterocycles. The zero-order valence-corrected chi connectivity index (χ0v) is 19.5. The summed E-state index contributed by atoms with van der Waals surface area (Å²) in [7, 11) is 0. The van der Waals surface area contributed by atoms with E-state index in [2.05, 4.69) is 44.7 Å². The molecule has 4 saturated carbocycles. The molecule has 4 fully saturated rings. The van der Waals surface area contributed by atoms with E-state index in [1.165, 1.54) is 44.9 Å². The number of halogens is 1. The van der Waals surface area contributed by atoms with E-state index >= 15 is 0 Å². The molecule has 0 radical (unpaired) electrons. The normalized spacial score (nSPS) is 42.1. The zero-order chi connectivity index (χ0) is 21.5. The van der Waals surface area contributed by atoms with Gasteiger partial charge in [0.15, 0.2) is 0 Å². The summed E-state index contributed by atoms with van der Waals surface area (Å²) in [5.74, 6) is 2.64. The van der Waals surface area contributed by atoms with Crippen molar-refractivity contribution in [2.24, 2.45) is 29.1 Å². The fourth-order valence-corrected chi connectivity index (χ4v) is 6.93.